The van der Waals surface area contributed by atoms with E-state index < -0.39 is 12.0 Å². The average Bonchev–Trinajstić information content (AvgIpc) is 2.62. The van der Waals surface area contributed by atoms with Crippen LogP contribution in [0.3, 0.4) is 0 Å². The summed E-state index contributed by atoms with van der Waals surface area (Å²) >= 11 is 1.51. The van der Waals surface area contributed by atoms with Gasteiger partial charge >= 0.3 is 5.97 Å². The van der Waals surface area contributed by atoms with Crippen LogP contribution in [0.5, 0.6) is 0 Å². The first-order chi connectivity index (χ1) is 8.00. The number of hydrogen-bond donors (Lipinski definition) is 2. The van der Waals surface area contributed by atoms with Gasteiger partial charge in [0.05, 0.1) is 0 Å². The number of aliphatic carboxylic acids is 1. The number of hydrogen-bond acceptors (Lipinski definition) is 5. The lowest BCUT2D eigenvalue weighted by Gasteiger charge is -2.16. The van der Waals surface area contributed by atoms with Gasteiger partial charge < -0.3 is 10.4 Å². The molecule has 17 heavy (non-hydrogen) atoms. The number of carboxylic acids is 1. The van der Waals surface area contributed by atoms with Crippen molar-refractivity contribution in [2.45, 2.75) is 37.5 Å². The van der Waals surface area contributed by atoms with E-state index in [-0.39, 0.29) is 6.04 Å². The van der Waals surface area contributed by atoms with Gasteiger partial charge in [-0.3, -0.25) is 4.79 Å². The minimum Gasteiger partial charge on any atom is -0.480 e. The topological polar surface area (TPSA) is 80.0 Å². The number of aryl methyl sites for hydroxylation is 1. The number of nitrogens with zero attached hydrogens (tertiary/aromatic N) is 3. The lowest BCUT2D eigenvalue weighted by molar-refractivity contribution is -0.139. The molecule has 1 aromatic rings. The number of thioether (sulfide) groups is 1. The van der Waals surface area contributed by atoms with Gasteiger partial charge in [0.1, 0.15) is 12.4 Å². The Labute approximate surface area is 105 Å². The molecule has 0 aliphatic heterocycles. The molecule has 0 fully saturated rings. The highest BCUT2D eigenvalue weighted by atomic mass is 32.2. The van der Waals surface area contributed by atoms with E-state index in [1.165, 1.54) is 18.1 Å². The van der Waals surface area contributed by atoms with Crippen molar-refractivity contribution in [1.82, 2.24) is 20.1 Å². The van der Waals surface area contributed by atoms with Crippen LogP contribution in [0.15, 0.2) is 11.5 Å². The molecule has 0 aromatic carbocycles. The highest BCUT2D eigenvalue weighted by molar-refractivity contribution is 7.99. The fraction of sp³-hybridized carbons (Fsp3) is 0.700. The van der Waals surface area contributed by atoms with E-state index >= 15 is 0 Å². The molecule has 0 saturated heterocycles. The van der Waals surface area contributed by atoms with Crippen LogP contribution in [0, 0.1) is 0 Å². The second kappa shape index (κ2) is 6.61. The molecule has 1 unspecified atom stereocenters. The standard InChI is InChI=1S/C10H18N4O2S/c1-7(2)13-8(9(15)16)4-5-17-10-11-6-12-14(10)3/h6-8,13H,4-5H2,1-3H3,(H,15,16). The third-order valence-electron chi connectivity index (χ3n) is 2.14. The maximum Gasteiger partial charge on any atom is 0.320 e. The van der Waals surface area contributed by atoms with Gasteiger partial charge in [0.25, 0.3) is 0 Å². The van der Waals surface area contributed by atoms with Crippen molar-refractivity contribution >= 4 is 17.7 Å². The van der Waals surface area contributed by atoms with Gasteiger partial charge in [-0.1, -0.05) is 25.6 Å². The lowest BCUT2D eigenvalue weighted by atomic mass is 10.2. The van der Waals surface area contributed by atoms with E-state index in [0.29, 0.717) is 12.2 Å². The summed E-state index contributed by atoms with van der Waals surface area (Å²) in [5.74, 6) is -0.110. The predicted octanol–water partition coefficient (Wildman–Crippen LogP) is 0.748. The molecule has 0 aliphatic rings. The summed E-state index contributed by atoms with van der Waals surface area (Å²) in [7, 11) is 1.82. The van der Waals surface area contributed by atoms with Crippen LogP contribution in [0.4, 0.5) is 0 Å². The first kappa shape index (κ1) is 14.0. The van der Waals surface area contributed by atoms with Gasteiger partial charge in [0, 0.05) is 18.8 Å². The summed E-state index contributed by atoms with van der Waals surface area (Å²) < 4.78 is 1.68. The summed E-state index contributed by atoms with van der Waals surface area (Å²) in [6, 6.07) is -0.341. The zero-order chi connectivity index (χ0) is 12.8. The maximum atomic E-state index is 11.0. The van der Waals surface area contributed by atoms with Crippen LogP contribution in [-0.4, -0.2) is 43.7 Å². The quantitative estimate of drug-likeness (QED) is 0.702. The smallest absolute Gasteiger partial charge is 0.320 e. The van der Waals surface area contributed by atoms with E-state index in [9.17, 15) is 4.79 Å². The SMILES string of the molecule is CC(C)NC(CCSc1ncnn1C)C(=O)O. The molecule has 2 N–H and O–H groups in total. The average molecular weight is 258 g/mol. The van der Waals surface area contributed by atoms with Crippen LogP contribution in [0.25, 0.3) is 0 Å². The summed E-state index contributed by atoms with van der Waals surface area (Å²) in [4.78, 5) is 15.1. The Hall–Kier alpha value is -1.08. The molecular formula is C10H18N4O2S. The molecule has 6 nitrogen and oxygen atoms in total. The Morgan fingerprint density at radius 3 is 2.82 bits per heavy atom. The summed E-state index contributed by atoms with van der Waals surface area (Å²) in [5.41, 5.74) is 0. The Morgan fingerprint density at radius 1 is 1.65 bits per heavy atom. The zero-order valence-corrected chi connectivity index (χ0v) is 11.1. The molecule has 0 radical (unpaired) electrons. The summed E-state index contributed by atoms with van der Waals surface area (Å²) in [6.07, 6.45) is 2.05. The van der Waals surface area contributed by atoms with Crippen LogP contribution < -0.4 is 5.32 Å². The molecule has 1 aromatic heterocycles. The zero-order valence-electron chi connectivity index (χ0n) is 10.3. The van der Waals surface area contributed by atoms with Crippen LogP contribution in [0.1, 0.15) is 20.3 Å². The highest BCUT2D eigenvalue weighted by Crippen LogP contribution is 2.15. The third kappa shape index (κ3) is 4.74. The summed E-state index contributed by atoms with van der Waals surface area (Å²) in [5, 5.41) is 16.8. The molecule has 0 saturated carbocycles. The molecular weight excluding hydrogens is 240 g/mol. The Kier molecular flexibility index (Phi) is 5.43. The second-order valence-corrected chi connectivity index (χ2v) is 5.08. The molecule has 0 bridgehead atoms. The minimum atomic E-state index is -0.808. The van der Waals surface area contributed by atoms with Crippen molar-refractivity contribution in [3.05, 3.63) is 6.33 Å². The number of nitrogens with one attached hydrogen (secondary N) is 1. The first-order valence-corrected chi connectivity index (χ1v) is 6.45. The normalized spacial score (nSPS) is 12.9. The Morgan fingerprint density at radius 2 is 2.35 bits per heavy atom. The molecule has 7 heteroatoms. The first-order valence-electron chi connectivity index (χ1n) is 5.46. The fourth-order valence-electron chi connectivity index (χ4n) is 1.36. The molecule has 1 heterocycles. The van der Waals surface area contributed by atoms with Gasteiger partial charge in [-0.25, -0.2) is 9.67 Å². The number of rotatable bonds is 7. The van der Waals surface area contributed by atoms with Crippen LogP contribution in [0.2, 0.25) is 0 Å². The Balaban J connectivity index is 2.37. The largest absolute Gasteiger partial charge is 0.480 e. The van der Waals surface area contributed by atoms with Crippen LogP contribution >= 0.6 is 11.8 Å². The van der Waals surface area contributed by atoms with Crippen molar-refractivity contribution in [2.24, 2.45) is 7.05 Å². The summed E-state index contributed by atoms with van der Waals surface area (Å²) in [6.45, 7) is 3.87. The van der Waals surface area contributed by atoms with Gasteiger partial charge in [0.15, 0.2) is 5.16 Å². The highest BCUT2D eigenvalue weighted by Gasteiger charge is 2.17. The molecule has 0 amide bonds. The minimum absolute atomic E-state index is 0.163. The van der Waals surface area contributed by atoms with Gasteiger partial charge in [-0.05, 0) is 6.42 Å². The van der Waals surface area contributed by atoms with E-state index in [0.717, 1.165) is 5.16 Å². The molecule has 1 rings (SSSR count). The van der Waals surface area contributed by atoms with Crippen molar-refractivity contribution in [3.63, 3.8) is 0 Å². The molecule has 0 spiro atoms. The monoisotopic (exact) mass is 258 g/mol. The van der Waals surface area contributed by atoms with Gasteiger partial charge in [-0.15, -0.1) is 0 Å². The maximum absolute atomic E-state index is 11.0. The third-order valence-corrected chi connectivity index (χ3v) is 3.21. The Bertz CT molecular complexity index is 367. The van der Waals surface area contributed by atoms with Crippen molar-refractivity contribution in [3.8, 4) is 0 Å². The molecule has 96 valence electrons. The predicted molar refractivity (Wildman–Crippen MR) is 66.0 cm³/mol. The van der Waals surface area contributed by atoms with E-state index in [2.05, 4.69) is 15.4 Å². The van der Waals surface area contributed by atoms with E-state index in [4.69, 9.17) is 5.11 Å². The fourth-order valence-corrected chi connectivity index (χ4v) is 2.26. The van der Waals surface area contributed by atoms with Gasteiger partial charge in [0.2, 0.25) is 0 Å². The van der Waals surface area contributed by atoms with E-state index in [1.807, 2.05) is 20.9 Å². The van der Waals surface area contributed by atoms with Crippen LogP contribution in [-0.2, 0) is 11.8 Å². The number of carboxylic acid groups (broad SMARTS) is 1. The van der Waals surface area contributed by atoms with Crippen molar-refractivity contribution in [1.29, 1.82) is 0 Å². The van der Waals surface area contributed by atoms with Crippen molar-refractivity contribution in [2.75, 3.05) is 5.75 Å². The van der Waals surface area contributed by atoms with Crippen molar-refractivity contribution < 1.29 is 9.90 Å². The molecule has 0 aliphatic carbocycles. The number of aromatic nitrogens is 3. The second-order valence-electron chi connectivity index (χ2n) is 4.02. The lowest BCUT2D eigenvalue weighted by Crippen LogP contribution is -2.41. The molecule has 1 atom stereocenters. The van der Waals surface area contributed by atoms with E-state index in [1.54, 1.807) is 4.68 Å². The number of carbonyl (C=O) groups is 1. The van der Waals surface area contributed by atoms with Gasteiger partial charge in [-0.2, -0.15) is 5.10 Å².